The van der Waals surface area contributed by atoms with Crippen molar-refractivity contribution in [3.8, 4) is 0 Å². The number of rotatable bonds is 7. The molecule has 45 heavy (non-hydrogen) atoms. The van der Waals surface area contributed by atoms with E-state index in [0.29, 0.717) is 32.5 Å². The number of halogens is 1. The Morgan fingerprint density at radius 1 is 1.13 bits per heavy atom. The first-order valence-corrected chi connectivity index (χ1v) is 15.8. The highest BCUT2D eigenvalue weighted by atomic mass is 32.2. The van der Waals surface area contributed by atoms with E-state index in [0.717, 1.165) is 21.4 Å². The molecule has 0 spiro atoms. The lowest BCUT2D eigenvalue weighted by atomic mass is 9.96. The number of aromatic nitrogens is 2. The topological polar surface area (TPSA) is 143 Å². The van der Waals surface area contributed by atoms with Gasteiger partial charge in [0.15, 0.2) is 4.80 Å². The highest BCUT2D eigenvalue weighted by Gasteiger charge is 2.33. The number of nitro groups is 1. The minimum Gasteiger partial charge on any atom is -0.463 e. The molecule has 1 aliphatic heterocycles. The lowest BCUT2D eigenvalue weighted by molar-refractivity contribution is -0.385. The summed E-state index contributed by atoms with van der Waals surface area (Å²) in [5.41, 5.74) is 0.776. The number of carbonyl (C=O) groups excluding carboxylic acids is 1. The number of esters is 1. The van der Waals surface area contributed by atoms with Crippen LogP contribution in [0.5, 0.6) is 0 Å². The quantitative estimate of drug-likeness (QED) is 0.148. The minimum absolute atomic E-state index is 0.0967. The first-order valence-electron chi connectivity index (χ1n) is 13.6. The van der Waals surface area contributed by atoms with Crippen LogP contribution in [0.2, 0.25) is 0 Å². The van der Waals surface area contributed by atoms with E-state index < -0.39 is 38.3 Å². The molecule has 3 heterocycles. The van der Waals surface area contributed by atoms with Crippen LogP contribution in [-0.2, 0) is 19.6 Å². The molecule has 1 aliphatic rings. The van der Waals surface area contributed by atoms with Crippen LogP contribution >= 0.6 is 11.3 Å². The predicted molar refractivity (Wildman–Crippen MR) is 164 cm³/mol. The maximum absolute atomic E-state index is 14.0. The van der Waals surface area contributed by atoms with Gasteiger partial charge < -0.3 is 4.74 Å². The zero-order valence-electron chi connectivity index (χ0n) is 23.7. The number of nitrogens with zero attached hydrogens (tertiary/aromatic N) is 4. The fourth-order valence-electron chi connectivity index (χ4n) is 5.25. The van der Waals surface area contributed by atoms with Gasteiger partial charge in [0.2, 0.25) is 0 Å². The number of thiazole rings is 1. The Kier molecular flexibility index (Phi) is 7.54. The number of carbonyl (C=O) groups is 1. The third-order valence-corrected chi connectivity index (χ3v) is 9.94. The number of para-hydroxylation sites is 1. The highest BCUT2D eigenvalue weighted by molar-refractivity contribution is 7.90. The molecular weight excluding hydrogens is 623 g/mol. The summed E-state index contributed by atoms with van der Waals surface area (Å²) in [6.45, 7) is 3.39. The molecule has 1 atom stereocenters. The van der Waals surface area contributed by atoms with E-state index >= 15 is 0 Å². The summed E-state index contributed by atoms with van der Waals surface area (Å²) in [6.07, 6.45) is 2.89. The zero-order valence-corrected chi connectivity index (χ0v) is 25.3. The molecule has 5 aromatic rings. The van der Waals surface area contributed by atoms with Crippen LogP contribution in [0.1, 0.15) is 31.0 Å². The number of benzene rings is 3. The molecule has 228 valence electrons. The summed E-state index contributed by atoms with van der Waals surface area (Å²) in [4.78, 5) is 42.2. The molecule has 0 saturated carbocycles. The Morgan fingerprint density at radius 2 is 1.87 bits per heavy atom. The molecule has 11 nitrogen and oxygen atoms in total. The standard InChI is InChI=1S/C31H23FN4O7S2/c1-3-43-30(38)27-18(2)33-31-35(28(27)19-11-13-21(32)14-12-19)29(37)26(44-31)15-20-17-34(25-10-5-4-9-24(20)25)45(41,42)23-8-6-7-22(16-23)36(39)40/h4-17,28H,3H2,1-2H3/b26-15-/t28-/m1/s1. The van der Waals surface area contributed by atoms with Crippen LogP contribution in [0.15, 0.2) is 105 Å². The monoisotopic (exact) mass is 646 g/mol. The second-order valence-corrected chi connectivity index (χ2v) is 12.8. The molecule has 2 aromatic heterocycles. The van der Waals surface area contributed by atoms with E-state index in [-0.39, 0.29) is 27.3 Å². The Morgan fingerprint density at radius 3 is 2.58 bits per heavy atom. The zero-order chi connectivity index (χ0) is 32.0. The molecule has 0 saturated heterocycles. The summed E-state index contributed by atoms with van der Waals surface area (Å²) >= 11 is 1.05. The van der Waals surface area contributed by atoms with Gasteiger partial charge in [-0.05, 0) is 49.8 Å². The van der Waals surface area contributed by atoms with E-state index in [9.17, 15) is 32.5 Å². The first-order chi connectivity index (χ1) is 21.5. The molecular formula is C31H23FN4O7S2. The van der Waals surface area contributed by atoms with Crippen molar-refractivity contribution >= 4 is 50.0 Å². The molecule has 0 amide bonds. The van der Waals surface area contributed by atoms with Crippen LogP contribution in [0.4, 0.5) is 10.1 Å². The molecule has 0 unspecified atom stereocenters. The number of nitro benzene ring substituents is 1. The van der Waals surface area contributed by atoms with Gasteiger partial charge in [0.05, 0.1) is 43.8 Å². The number of ether oxygens (including phenoxy) is 1. The number of allylic oxidation sites excluding steroid dienone is 1. The molecule has 0 radical (unpaired) electrons. The second-order valence-electron chi connectivity index (χ2n) is 10.0. The summed E-state index contributed by atoms with van der Waals surface area (Å²) in [5.74, 6) is -1.14. The van der Waals surface area contributed by atoms with Gasteiger partial charge in [-0.15, -0.1) is 0 Å². The van der Waals surface area contributed by atoms with Gasteiger partial charge in [-0.3, -0.25) is 19.5 Å². The van der Waals surface area contributed by atoms with Crippen molar-refractivity contribution < 1.29 is 27.3 Å². The Hall–Kier alpha value is -5.21. The van der Waals surface area contributed by atoms with Gasteiger partial charge in [-0.1, -0.05) is 47.7 Å². The third kappa shape index (κ3) is 5.17. The molecule has 14 heteroatoms. The lowest BCUT2D eigenvalue weighted by Gasteiger charge is -2.24. The van der Waals surface area contributed by atoms with Gasteiger partial charge in [0, 0.05) is 29.3 Å². The van der Waals surface area contributed by atoms with Gasteiger partial charge in [-0.2, -0.15) is 0 Å². The molecule has 0 aliphatic carbocycles. The van der Waals surface area contributed by atoms with Crippen LogP contribution < -0.4 is 14.9 Å². The van der Waals surface area contributed by atoms with Crippen LogP contribution in [0, 0.1) is 15.9 Å². The largest absolute Gasteiger partial charge is 0.463 e. The molecule has 0 N–H and O–H groups in total. The Bertz CT molecular complexity index is 2350. The second kappa shape index (κ2) is 11.4. The molecule has 6 rings (SSSR count). The maximum atomic E-state index is 14.0. The molecule has 3 aromatic carbocycles. The SMILES string of the molecule is CCOC(=O)C1=C(C)N=c2s/c(=C\c3cn(S(=O)(=O)c4cccc([N+](=O)[O-])c4)c4ccccc34)c(=O)n2[C@@H]1c1ccc(F)cc1. The lowest BCUT2D eigenvalue weighted by Crippen LogP contribution is -2.39. The van der Waals surface area contributed by atoms with E-state index in [1.165, 1.54) is 59.3 Å². The van der Waals surface area contributed by atoms with Crippen LogP contribution in [0.3, 0.4) is 0 Å². The summed E-state index contributed by atoms with van der Waals surface area (Å²) < 4.78 is 49.1. The molecule has 0 bridgehead atoms. The number of fused-ring (bicyclic) bond motifs is 2. The van der Waals surface area contributed by atoms with E-state index in [1.54, 1.807) is 38.1 Å². The fraction of sp³-hybridized carbons (Fsp3) is 0.129. The average molecular weight is 647 g/mol. The van der Waals surface area contributed by atoms with E-state index in [1.807, 2.05) is 0 Å². The fourth-order valence-corrected chi connectivity index (χ4v) is 7.71. The molecule has 0 fully saturated rings. The summed E-state index contributed by atoms with van der Waals surface area (Å²) in [5, 5.41) is 11.8. The highest BCUT2D eigenvalue weighted by Crippen LogP contribution is 2.31. The van der Waals surface area contributed by atoms with Gasteiger partial charge in [0.25, 0.3) is 21.3 Å². The first kappa shape index (κ1) is 29.8. The van der Waals surface area contributed by atoms with Crippen LogP contribution in [0.25, 0.3) is 17.0 Å². The predicted octanol–water partition coefficient (Wildman–Crippen LogP) is 4.04. The maximum Gasteiger partial charge on any atom is 0.338 e. The van der Waals surface area contributed by atoms with Crippen molar-refractivity contribution in [1.82, 2.24) is 8.54 Å². The van der Waals surface area contributed by atoms with Gasteiger partial charge >= 0.3 is 5.97 Å². The van der Waals surface area contributed by atoms with E-state index in [4.69, 9.17) is 4.74 Å². The van der Waals surface area contributed by atoms with Gasteiger partial charge in [0.1, 0.15) is 5.82 Å². The van der Waals surface area contributed by atoms with Crippen molar-refractivity contribution in [3.05, 3.63) is 137 Å². The van der Waals surface area contributed by atoms with Crippen molar-refractivity contribution in [2.24, 2.45) is 4.99 Å². The van der Waals surface area contributed by atoms with Crippen molar-refractivity contribution in [2.45, 2.75) is 24.8 Å². The smallest absolute Gasteiger partial charge is 0.338 e. The van der Waals surface area contributed by atoms with Gasteiger partial charge in [-0.25, -0.2) is 26.6 Å². The van der Waals surface area contributed by atoms with Crippen molar-refractivity contribution in [2.75, 3.05) is 6.61 Å². The summed E-state index contributed by atoms with van der Waals surface area (Å²) in [6, 6.07) is 15.9. The summed E-state index contributed by atoms with van der Waals surface area (Å²) in [7, 11) is -4.28. The minimum atomic E-state index is -4.28. The number of non-ortho nitro benzene ring substituents is 1. The van der Waals surface area contributed by atoms with Crippen molar-refractivity contribution in [3.63, 3.8) is 0 Å². The normalized spacial score (nSPS) is 15.2. The number of hydrogen-bond donors (Lipinski definition) is 0. The Labute approximate surface area is 258 Å². The number of hydrogen-bond acceptors (Lipinski definition) is 9. The third-order valence-electron chi connectivity index (χ3n) is 7.28. The average Bonchev–Trinajstić information content (AvgIpc) is 3.54. The van der Waals surface area contributed by atoms with Crippen LogP contribution in [-0.4, -0.2) is 34.5 Å². The van der Waals surface area contributed by atoms with E-state index in [2.05, 4.69) is 4.99 Å². The van der Waals surface area contributed by atoms with Crippen molar-refractivity contribution in [1.29, 1.82) is 0 Å². The Balaban J connectivity index is 1.55.